The predicted octanol–water partition coefficient (Wildman–Crippen LogP) is 2.79. The van der Waals surface area contributed by atoms with Crippen molar-refractivity contribution >= 4 is 22.9 Å². The number of nitrogens with zero attached hydrogens (tertiary/aromatic N) is 1. The molecule has 0 aliphatic rings. The Labute approximate surface area is 115 Å². The minimum Gasteiger partial charge on any atom is -0.394 e. The summed E-state index contributed by atoms with van der Waals surface area (Å²) in [5, 5.41) is 13.9. The lowest BCUT2D eigenvalue weighted by Gasteiger charge is -2.29. The second-order valence-electron chi connectivity index (χ2n) is 4.27. The van der Waals surface area contributed by atoms with Gasteiger partial charge in [-0.05, 0) is 12.5 Å². The van der Waals surface area contributed by atoms with Gasteiger partial charge in [0.05, 0.1) is 18.3 Å². The van der Waals surface area contributed by atoms with Crippen molar-refractivity contribution in [2.75, 3.05) is 6.61 Å². The number of aliphatic hydroxyl groups is 1. The minimum absolute atomic E-state index is 0.0239. The maximum atomic E-state index is 9.62. The van der Waals surface area contributed by atoms with Crippen molar-refractivity contribution in [3.8, 4) is 0 Å². The molecule has 18 heavy (non-hydrogen) atoms. The zero-order chi connectivity index (χ0) is 13.0. The van der Waals surface area contributed by atoms with Gasteiger partial charge in [-0.15, -0.1) is 11.3 Å². The van der Waals surface area contributed by atoms with Gasteiger partial charge >= 0.3 is 0 Å². The summed E-state index contributed by atoms with van der Waals surface area (Å²) < 4.78 is 0.678. The molecule has 5 heteroatoms. The zero-order valence-corrected chi connectivity index (χ0v) is 11.6. The Kier molecular flexibility index (Phi) is 4.35. The molecule has 0 aliphatic heterocycles. The molecule has 1 unspecified atom stereocenters. The van der Waals surface area contributed by atoms with Crippen molar-refractivity contribution in [3.63, 3.8) is 0 Å². The molecule has 0 amide bonds. The van der Waals surface area contributed by atoms with Crippen LogP contribution in [0, 0.1) is 0 Å². The summed E-state index contributed by atoms with van der Waals surface area (Å²) in [6, 6.07) is 9.88. The van der Waals surface area contributed by atoms with E-state index in [-0.39, 0.29) is 6.61 Å². The van der Waals surface area contributed by atoms with Gasteiger partial charge in [0.25, 0.3) is 0 Å². The first-order valence-corrected chi connectivity index (χ1v) is 6.85. The van der Waals surface area contributed by atoms with Crippen LogP contribution in [-0.4, -0.2) is 16.7 Å². The van der Waals surface area contributed by atoms with Gasteiger partial charge in [0.1, 0.15) is 9.34 Å². The van der Waals surface area contributed by atoms with Crippen LogP contribution < -0.4 is 5.32 Å². The summed E-state index contributed by atoms with van der Waals surface area (Å²) >= 11 is 7.28. The number of halogens is 1. The van der Waals surface area contributed by atoms with Crippen molar-refractivity contribution in [2.24, 2.45) is 0 Å². The van der Waals surface area contributed by atoms with Gasteiger partial charge in [-0.3, -0.25) is 5.32 Å². The van der Waals surface area contributed by atoms with Crippen LogP contribution in [0.3, 0.4) is 0 Å². The van der Waals surface area contributed by atoms with Gasteiger partial charge < -0.3 is 5.11 Å². The molecule has 0 spiro atoms. The van der Waals surface area contributed by atoms with Crippen molar-refractivity contribution in [1.29, 1.82) is 0 Å². The SMILES string of the molecule is CC(CO)(NCc1ncc(Cl)s1)c1ccccc1. The number of aliphatic hydroxyl groups excluding tert-OH is 1. The first-order chi connectivity index (χ1) is 8.64. The molecule has 0 aliphatic carbocycles. The first-order valence-electron chi connectivity index (χ1n) is 5.66. The fourth-order valence-corrected chi connectivity index (χ4v) is 2.59. The van der Waals surface area contributed by atoms with Crippen LogP contribution >= 0.6 is 22.9 Å². The number of thiazole rings is 1. The van der Waals surface area contributed by atoms with Crippen molar-refractivity contribution in [1.82, 2.24) is 10.3 Å². The van der Waals surface area contributed by atoms with E-state index in [1.165, 1.54) is 11.3 Å². The minimum atomic E-state index is -0.473. The molecule has 1 aromatic carbocycles. The van der Waals surface area contributed by atoms with E-state index in [9.17, 15) is 5.11 Å². The van der Waals surface area contributed by atoms with Gasteiger partial charge in [0.15, 0.2) is 0 Å². The smallest absolute Gasteiger partial charge is 0.113 e. The summed E-state index contributed by atoms with van der Waals surface area (Å²) in [7, 11) is 0. The molecule has 1 atom stereocenters. The fraction of sp³-hybridized carbons (Fsp3) is 0.308. The molecule has 2 N–H and O–H groups in total. The Balaban J connectivity index is 2.09. The van der Waals surface area contributed by atoms with E-state index in [0.29, 0.717) is 10.9 Å². The summed E-state index contributed by atoms with van der Waals surface area (Å²) in [5.41, 5.74) is 0.578. The van der Waals surface area contributed by atoms with E-state index < -0.39 is 5.54 Å². The van der Waals surface area contributed by atoms with E-state index in [0.717, 1.165) is 10.6 Å². The maximum absolute atomic E-state index is 9.62. The lowest BCUT2D eigenvalue weighted by molar-refractivity contribution is 0.173. The molecular weight excluding hydrogens is 268 g/mol. The van der Waals surface area contributed by atoms with Gasteiger partial charge in [-0.2, -0.15) is 0 Å². The van der Waals surface area contributed by atoms with Crippen molar-refractivity contribution in [3.05, 3.63) is 51.4 Å². The molecule has 0 radical (unpaired) electrons. The number of hydrogen-bond acceptors (Lipinski definition) is 4. The average Bonchev–Trinajstić information content (AvgIpc) is 2.83. The third-order valence-corrected chi connectivity index (χ3v) is 4.00. The van der Waals surface area contributed by atoms with Crippen LogP contribution in [0.2, 0.25) is 4.34 Å². The fourth-order valence-electron chi connectivity index (χ4n) is 1.70. The Morgan fingerprint density at radius 3 is 2.67 bits per heavy atom. The zero-order valence-electron chi connectivity index (χ0n) is 10.1. The van der Waals surface area contributed by atoms with Crippen molar-refractivity contribution < 1.29 is 5.11 Å². The normalized spacial score (nSPS) is 14.4. The van der Waals surface area contributed by atoms with Crippen LogP contribution in [0.15, 0.2) is 36.5 Å². The van der Waals surface area contributed by atoms with Gasteiger partial charge in [-0.25, -0.2) is 4.98 Å². The Morgan fingerprint density at radius 2 is 2.11 bits per heavy atom. The topological polar surface area (TPSA) is 45.1 Å². The summed E-state index contributed by atoms with van der Waals surface area (Å²) in [6.07, 6.45) is 1.64. The van der Waals surface area contributed by atoms with Crippen molar-refractivity contribution in [2.45, 2.75) is 19.0 Å². The third kappa shape index (κ3) is 3.09. The van der Waals surface area contributed by atoms with E-state index in [4.69, 9.17) is 11.6 Å². The standard InChI is InChI=1S/C13H15ClN2OS/c1-13(9-17,10-5-3-2-4-6-10)16-8-12-15-7-11(14)18-12/h2-7,16-17H,8-9H2,1H3. The monoisotopic (exact) mass is 282 g/mol. The molecule has 1 heterocycles. The molecule has 2 rings (SSSR count). The van der Waals surface area contributed by atoms with Crippen LogP contribution in [0.5, 0.6) is 0 Å². The van der Waals surface area contributed by atoms with Gasteiger partial charge in [-0.1, -0.05) is 41.9 Å². The molecule has 0 saturated carbocycles. The number of benzene rings is 1. The highest BCUT2D eigenvalue weighted by Crippen LogP contribution is 2.22. The van der Waals surface area contributed by atoms with E-state index in [2.05, 4.69) is 10.3 Å². The number of nitrogens with one attached hydrogen (secondary N) is 1. The molecular formula is C13H15ClN2OS. The Morgan fingerprint density at radius 1 is 1.39 bits per heavy atom. The van der Waals surface area contributed by atoms with Crippen LogP contribution in [-0.2, 0) is 12.1 Å². The predicted molar refractivity (Wildman–Crippen MR) is 74.8 cm³/mol. The molecule has 1 aromatic heterocycles. The Bertz CT molecular complexity index is 503. The second kappa shape index (κ2) is 5.80. The van der Waals surface area contributed by atoms with Crippen LogP contribution in [0.25, 0.3) is 0 Å². The number of rotatable bonds is 5. The Hall–Kier alpha value is -0.940. The largest absolute Gasteiger partial charge is 0.394 e. The van der Waals surface area contributed by atoms with Crippen LogP contribution in [0.4, 0.5) is 0 Å². The van der Waals surface area contributed by atoms with Gasteiger partial charge in [0, 0.05) is 6.54 Å². The number of aromatic nitrogens is 1. The lowest BCUT2D eigenvalue weighted by Crippen LogP contribution is -2.42. The maximum Gasteiger partial charge on any atom is 0.113 e. The van der Waals surface area contributed by atoms with Gasteiger partial charge in [0.2, 0.25) is 0 Å². The molecule has 3 nitrogen and oxygen atoms in total. The third-order valence-electron chi connectivity index (χ3n) is 2.88. The summed E-state index contributed by atoms with van der Waals surface area (Å²) in [4.78, 5) is 4.19. The molecule has 0 bridgehead atoms. The highest BCUT2D eigenvalue weighted by molar-refractivity contribution is 7.15. The quantitative estimate of drug-likeness (QED) is 0.886. The summed E-state index contributed by atoms with van der Waals surface area (Å²) in [5.74, 6) is 0. The molecule has 96 valence electrons. The number of hydrogen-bond donors (Lipinski definition) is 2. The molecule has 0 fully saturated rings. The van der Waals surface area contributed by atoms with E-state index >= 15 is 0 Å². The molecule has 0 saturated heterocycles. The second-order valence-corrected chi connectivity index (χ2v) is 6.01. The first kappa shape index (κ1) is 13.5. The highest BCUT2D eigenvalue weighted by atomic mass is 35.5. The summed E-state index contributed by atoms with van der Waals surface area (Å²) in [6.45, 7) is 2.58. The van der Waals surface area contributed by atoms with E-state index in [1.807, 2.05) is 37.3 Å². The van der Waals surface area contributed by atoms with E-state index in [1.54, 1.807) is 6.20 Å². The average molecular weight is 283 g/mol. The highest BCUT2D eigenvalue weighted by Gasteiger charge is 2.25. The lowest BCUT2D eigenvalue weighted by atomic mass is 9.93. The van der Waals surface area contributed by atoms with Crippen LogP contribution in [0.1, 0.15) is 17.5 Å². The molecule has 2 aromatic rings.